The summed E-state index contributed by atoms with van der Waals surface area (Å²) in [7, 11) is -3.40. The number of rotatable bonds is 18. The minimum Gasteiger partial charge on any atom is -0.342 e. The van der Waals surface area contributed by atoms with Gasteiger partial charge in [-0.1, -0.05) is 90.4 Å². The highest BCUT2D eigenvalue weighted by atomic mass is 32.2. The van der Waals surface area contributed by atoms with E-state index in [4.69, 9.17) is 23.7 Å². The van der Waals surface area contributed by atoms with E-state index in [-0.39, 0.29) is 18.4 Å². The molecule has 8 nitrogen and oxygen atoms in total. The average Bonchev–Trinajstić information content (AvgIpc) is 3.31. The van der Waals surface area contributed by atoms with E-state index in [9.17, 15) is 8.42 Å². The zero-order chi connectivity index (χ0) is 26.9. The fraction of sp³-hybridized carbons (Fsp3) is 1.00. The summed E-state index contributed by atoms with van der Waals surface area (Å²) in [5.74, 6) is -1.46. The lowest BCUT2D eigenvalue weighted by atomic mass is 9.99. The fourth-order valence-electron chi connectivity index (χ4n) is 5.63. The number of fused-ring (bicyclic) bond motifs is 3. The van der Waals surface area contributed by atoms with Gasteiger partial charge in [0.15, 0.2) is 17.9 Å². The molecule has 37 heavy (non-hydrogen) atoms. The molecule has 0 saturated carbocycles. The number of hydrogen-bond donors (Lipinski definition) is 1. The molecule has 3 aliphatic heterocycles. The highest BCUT2D eigenvalue weighted by molar-refractivity contribution is 7.89. The minimum atomic E-state index is -3.40. The van der Waals surface area contributed by atoms with Gasteiger partial charge in [-0.05, 0) is 34.1 Å². The maximum absolute atomic E-state index is 12.6. The molecule has 0 aliphatic carbocycles. The second kappa shape index (κ2) is 14.4. The van der Waals surface area contributed by atoms with Gasteiger partial charge in [-0.3, -0.25) is 0 Å². The third-order valence-electron chi connectivity index (χ3n) is 7.52. The van der Waals surface area contributed by atoms with Gasteiger partial charge in [-0.25, -0.2) is 13.1 Å². The molecule has 5 atom stereocenters. The second-order valence-electron chi connectivity index (χ2n) is 12.0. The maximum Gasteiger partial charge on any atom is 0.211 e. The van der Waals surface area contributed by atoms with Gasteiger partial charge < -0.3 is 23.7 Å². The Morgan fingerprint density at radius 3 is 1.65 bits per heavy atom. The summed E-state index contributed by atoms with van der Waals surface area (Å²) in [6, 6.07) is 0. The van der Waals surface area contributed by atoms with Gasteiger partial charge in [0.05, 0.1) is 5.75 Å². The van der Waals surface area contributed by atoms with Crippen molar-refractivity contribution in [3.63, 3.8) is 0 Å². The second-order valence-corrected chi connectivity index (χ2v) is 13.9. The third-order valence-corrected chi connectivity index (χ3v) is 8.95. The molecule has 1 N–H and O–H groups in total. The average molecular weight is 548 g/mol. The molecule has 0 aromatic heterocycles. The zero-order valence-corrected chi connectivity index (χ0v) is 24.8. The van der Waals surface area contributed by atoms with E-state index in [1.807, 2.05) is 27.7 Å². The number of ether oxygens (including phenoxy) is 5. The van der Waals surface area contributed by atoms with Crippen molar-refractivity contribution in [2.24, 2.45) is 0 Å². The molecule has 218 valence electrons. The van der Waals surface area contributed by atoms with Gasteiger partial charge in [-0.15, -0.1) is 0 Å². The standard InChI is InChI=1S/C28H53NO7S/c1-6-7-8-9-10-11-12-13-14-15-16-17-18-19-20-37(30,31)29-21-22-23-24(34-27(2,3)33-23)25-26(32-22)36-28(4,5)35-25/h22-26,29H,6-21H2,1-5H3/t22-,23+,24+,25-,26-/m1/s1. The first kappa shape index (κ1) is 31.2. The van der Waals surface area contributed by atoms with Crippen LogP contribution in [0.3, 0.4) is 0 Å². The molecule has 9 heteroatoms. The lowest BCUT2D eigenvalue weighted by molar-refractivity contribution is -0.231. The van der Waals surface area contributed by atoms with Crippen LogP contribution in [0.1, 0.15) is 125 Å². The van der Waals surface area contributed by atoms with E-state index in [1.165, 1.54) is 70.6 Å². The van der Waals surface area contributed by atoms with Crippen molar-refractivity contribution < 1.29 is 32.1 Å². The predicted molar refractivity (Wildman–Crippen MR) is 145 cm³/mol. The summed E-state index contributed by atoms with van der Waals surface area (Å²) in [6.45, 7) is 9.73. The normalized spacial score (nSPS) is 30.4. The Balaban J connectivity index is 1.27. The third kappa shape index (κ3) is 10.3. The first-order valence-corrected chi connectivity index (χ1v) is 16.5. The first-order chi connectivity index (χ1) is 17.5. The number of unbranched alkanes of at least 4 members (excludes halogenated alkanes) is 13. The lowest BCUT2D eigenvalue weighted by Crippen LogP contribution is -2.57. The lowest BCUT2D eigenvalue weighted by Gasteiger charge is -2.37. The molecule has 0 spiro atoms. The molecule has 0 aromatic rings. The molecule has 0 amide bonds. The van der Waals surface area contributed by atoms with E-state index in [0.29, 0.717) is 6.42 Å². The van der Waals surface area contributed by atoms with Crippen LogP contribution in [0.2, 0.25) is 0 Å². The fourth-order valence-corrected chi connectivity index (χ4v) is 6.77. The Labute approximate surface area is 225 Å². The molecule has 0 radical (unpaired) electrons. The molecular weight excluding hydrogens is 494 g/mol. The molecule has 3 heterocycles. The van der Waals surface area contributed by atoms with Crippen LogP contribution in [-0.2, 0) is 33.7 Å². The van der Waals surface area contributed by atoms with Crippen molar-refractivity contribution in [1.29, 1.82) is 0 Å². The Bertz CT molecular complexity index is 772. The Morgan fingerprint density at radius 1 is 0.622 bits per heavy atom. The number of sulfonamides is 1. The Morgan fingerprint density at radius 2 is 1.08 bits per heavy atom. The summed E-state index contributed by atoms with van der Waals surface area (Å²) in [6.07, 6.45) is 15.0. The highest BCUT2D eigenvalue weighted by Crippen LogP contribution is 2.44. The number of nitrogens with one attached hydrogen (secondary N) is 1. The first-order valence-electron chi connectivity index (χ1n) is 14.9. The van der Waals surface area contributed by atoms with Gasteiger partial charge in [0, 0.05) is 6.54 Å². The van der Waals surface area contributed by atoms with E-state index in [1.54, 1.807) is 0 Å². The SMILES string of the molecule is CCCCCCCCCCCCCCCCS(=O)(=O)NC[C@H]1O[C@@H]2OC(C)(C)O[C@@H]2[C@H]2OC(C)(C)O[C@H]21. The van der Waals surface area contributed by atoms with Crippen LogP contribution in [0.15, 0.2) is 0 Å². The van der Waals surface area contributed by atoms with Gasteiger partial charge in [0.1, 0.15) is 24.4 Å². The molecule has 0 bridgehead atoms. The number of hydrogen-bond acceptors (Lipinski definition) is 7. The topological polar surface area (TPSA) is 92.3 Å². The van der Waals surface area contributed by atoms with E-state index < -0.39 is 46.2 Å². The van der Waals surface area contributed by atoms with Crippen LogP contribution in [0.25, 0.3) is 0 Å². The largest absolute Gasteiger partial charge is 0.342 e. The monoisotopic (exact) mass is 547 g/mol. The molecule has 0 aromatic carbocycles. The molecule has 3 rings (SSSR count). The van der Waals surface area contributed by atoms with E-state index in [0.717, 1.165) is 12.8 Å². The molecule has 3 aliphatic rings. The van der Waals surface area contributed by atoms with Crippen LogP contribution in [0.4, 0.5) is 0 Å². The summed E-state index contributed by atoms with van der Waals surface area (Å²) in [4.78, 5) is 0. The van der Waals surface area contributed by atoms with Crippen LogP contribution >= 0.6 is 0 Å². The van der Waals surface area contributed by atoms with Crippen molar-refractivity contribution in [3.05, 3.63) is 0 Å². The maximum atomic E-state index is 12.6. The minimum absolute atomic E-state index is 0.120. The molecule has 3 fully saturated rings. The van der Waals surface area contributed by atoms with E-state index >= 15 is 0 Å². The zero-order valence-electron chi connectivity index (χ0n) is 24.0. The molecule has 0 unspecified atom stereocenters. The van der Waals surface area contributed by atoms with Crippen molar-refractivity contribution in [2.75, 3.05) is 12.3 Å². The Hall–Kier alpha value is -0.290. The Kier molecular flexibility index (Phi) is 12.1. The smallest absolute Gasteiger partial charge is 0.211 e. The van der Waals surface area contributed by atoms with Crippen LogP contribution in [0, 0.1) is 0 Å². The highest BCUT2D eigenvalue weighted by Gasteiger charge is 2.60. The molecule has 3 saturated heterocycles. The van der Waals surface area contributed by atoms with Crippen molar-refractivity contribution in [1.82, 2.24) is 4.72 Å². The van der Waals surface area contributed by atoms with Gasteiger partial charge in [0.25, 0.3) is 0 Å². The van der Waals surface area contributed by atoms with Crippen molar-refractivity contribution in [2.45, 2.75) is 167 Å². The summed E-state index contributed by atoms with van der Waals surface area (Å²) >= 11 is 0. The van der Waals surface area contributed by atoms with Crippen molar-refractivity contribution >= 4 is 10.0 Å². The van der Waals surface area contributed by atoms with Gasteiger partial charge >= 0.3 is 0 Å². The van der Waals surface area contributed by atoms with Gasteiger partial charge in [0.2, 0.25) is 10.0 Å². The predicted octanol–water partition coefficient (Wildman–Crippen LogP) is 5.78. The summed E-state index contributed by atoms with van der Waals surface area (Å²) in [5, 5.41) is 0. The van der Waals surface area contributed by atoms with Crippen LogP contribution in [0.5, 0.6) is 0 Å². The van der Waals surface area contributed by atoms with Crippen molar-refractivity contribution in [3.8, 4) is 0 Å². The summed E-state index contributed by atoms with van der Waals surface area (Å²) in [5.41, 5.74) is 0. The van der Waals surface area contributed by atoms with E-state index in [2.05, 4.69) is 11.6 Å². The summed E-state index contributed by atoms with van der Waals surface area (Å²) < 4.78 is 58.2. The van der Waals surface area contributed by atoms with Crippen LogP contribution in [-0.4, -0.2) is 63.0 Å². The molecular formula is C28H53NO7S. The van der Waals surface area contributed by atoms with Crippen LogP contribution < -0.4 is 4.72 Å². The van der Waals surface area contributed by atoms with Gasteiger partial charge in [-0.2, -0.15) is 0 Å². The quantitative estimate of drug-likeness (QED) is 0.217.